The molecule has 0 aliphatic carbocycles. The molecule has 0 aliphatic rings. The third-order valence-electron chi connectivity index (χ3n) is 3.54. The number of rotatable bonds is 5. The molecule has 2 rings (SSSR count). The van der Waals surface area contributed by atoms with E-state index in [1.54, 1.807) is 18.4 Å². The fraction of sp³-hybridized carbons (Fsp3) is 0.400. The van der Waals surface area contributed by atoms with Gasteiger partial charge < -0.3 is 10.5 Å². The van der Waals surface area contributed by atoms with Crippen molar-refractivity contribution in [3.63, 3.8) is 0 Å². The van der Waals surface area contributed by atoms with Crippen molar-refractivity contribution >= 4 is 11.3 Å². The second kappa shape index (κ2) is 5.82. The van der Waals surface area contributed by atoms with E-state index in [2.05, 4.69) is 31.4 Å². The molecule has 0 saturated carbocycles. The summed E-state index contributed by atoms with van der Waals surface area (Å²) in [5.41, 5.74) is 8.61. The number of hydrogen-bond acceptors (Lipinski definition) is 4. The van der Waals surface area contributed by atoms with Gasteiger partial charge >= 0.3 is 0 Å². The van der Waals surface area contributed by atoms with Crippen molar-refractivity contribution in [2.45, 2.75) is 32.4 Å². The zero-order valence-electron chi connectivity index (χ0n) is 11.6. The second-order valence-corrected chi connectivity index (χ2v) is 5.59. The molecule has 1 heterocycles. The Morgan fingerprint density at radius 3 is 2.84 bits per heavy atom. The van der Waals surface area contributed by atoms with E-state index in [0.717, 1.165) is 28.2 Å². The quantitative estimate of drug-likeness (QED) is 0.908. The van der Waals surface area contributed by atoms with Crippen LogP contribution in [0.25, 0.3) is 11.3 Å². The summed E-state index contributed by atoms with van der Waals surface area (Å²) in [7, 11) is 1.74. The molecular weight excluding hydrogens is 256 g/mol. The molecule has 102 valence electrons. The number of nitrogens with two attached hydrogens (primary N) is 1. The van der Waals surface area contributed by atoms with Crippen molar-refractivity contribution in [3.05, 3.63) is 40.2 Å². The monoisotopic (exact) mass is 276 g/mol. The van der Waals surface area contributed by atoms with Gasteiger partial charge in [0.2, 0.25) is 0 Å². The molecule has 1 unspecified atom stereocenters. The lowest BCUT2D eigenvalue weighted by molar-refractivity contribution is -0.00149. The average molecular weight is 276 g/mol. The molecule has 0 bridgehead atoms. The molecule has 0 fully saturated rings. The van der Waals surface area contributed by atoms with E-state index < -0.39 is 0 Å². The number of nitrogens with zero attached hydrogens (tertiary/aromatic N) is 1. The van der Waals surface area contributed by atoms with Crippen molar-refractivity contribution in [3.8, 4) is 11.3 Å². The third kappa shape index (κ3) is 2.86. The van der Waals surface area contributed by atoms with Gasteiger partial charge in [-0.15, -0.1) is 11.3 Å². The summed E-state index contributed by atoms with van der Waals surface area (Å²) in [6.45, 7) is 4.74. The van der Waals surface area contributed by atoms with Crippen molar-refractivity contribution in [2.24, 2.45) is 5.73 Å². The van der Waals surface area contributed by atoms with Crippen LogP contribution >= 0.6 is 11.3 Å². The first-order valence-corrected chi connectivity index (χ1v) is 7.31. The fourth-order valence-electron chi connectivity index (χ4n) is 1.89. The van der Waals surface area contributed by atoms with Crippen molar-refractivity contribution < 1.29 is 4.74 Å². The Kier molecular flexibility index (Phi) is 4.34. The van der Waals surface area contributed by atoms with Crippen LogP contribution in [0, 0.1) is 0 Å². The van der Waals surface area contributed by atoms with Gasteiger partial charge in [0.25, 0.3) is 0 Å². The first-order chi connectivity index (χ1) is 9.12. The Balaban J connectivity index is 2.35. The second-order valence-electron chi connectivity index (χ2n) is 4.73. The zero-order chi connectivity index (χ0) is 13.9. The summed E-state index contributed by atoms with van der Waals surface area (Å²) >= 11 is 1.65. The van der Waals surface area contributed by atoms with Gasteiger partial charge in [-0.05, 0) is 25.0 Å². The van der Waals surface area contributed by atoms with Gasteiger partial charge in [0, 0.05) is 24.6 Å². The standard InChI is InChI=1S/C15H20N2OS/c1-4-15(2,18-3)14-17-13(10-19-14)12-7-5-6-11(8-12)9-16/h5-8,10H,4,9,16H2,1-3H3. The molecule has 3 nitrogen and oxygen atoms in total. The van der Waals surface area contributed by atoms with Crippen LogP contribution in [0.3, 0.4) is 0 Å². The molecule has 2 aromatic rings. The summed E-state index contributed by atoms with van der Waals surface area (Å²) in [5, 5.41) is 3.10. The normalized spacial score (nSPS) is 14.3. The fourth-order valence-corrected chi connectivity index (χ4v) is 2.93. The summed E-state index contributed by atoms with van der Waals surface area (Å²) in [6.07, 6.45) is 0.902. The maximum Gasteiger partial charge on any atom is 0.125 e. The van der Waals surface area contributed by atoms with Gasteiger partial charge in [-0.2, -0.15) is 0 Å². The van der Waals surface area contributed by atoms with Gasteiger partial charge in [-0.25, -0.2) is 4.98 Å². The van der Waals surface area contributed by atoms with E-state index in [1.165, 1.54) is 0 Å². The summed E-state index contributed by atoms with van der Waals surface area (Å²) in [4.78, 5) is 4.72. The van der Waals surface area contributed by atoms with Crippen LogP contribution in [-0.4, -0.2) is 12.1 Å². The molecule has 0 aliphatic heterocycles. The van der Waals surface area contributed by atoms with Crippen LogP contribution in [0.5, 0.6) is 0 Å². The van der Waals surface area contributed by atoms with Gasteiger partial charge in [0.05, 0.1) is 5.69 Å². The lowest BCUT2D eigenvalue weighted by Crippen LogP contribution is -2.22. The Hall–Kier alpha value is -1.23. The first-order valence-electron chi connectivity index (χ1n) is 6.43. The third-order valence-corrected chi connectivity index (χ3v) is 4.63. The smallest absolute Gasteiger partial charge is 0.125 e. The molecule has 19 heavy (non-hydrogen) atoms. The number of ether oxygens (including phenoxy) is 1. The van der Waals surface area contributed by atoms with Gasteiger partial charge in [-0.1, -0.05) is 25.1 Å². The molecule has 1 aromatic heterocycles. The molecule has 0 amide bonds. The molecule has 2 N–H and O–H groups in total. The minimum atomic E-state index is -0.297. The van der Waals surface area contributed by atoms with Gasteiger partial charge in [-0.3, -0.25) is 0 Å². The Morgan fingerprint density at radius 1 is 1.42 bits per heavy atom. The molecule has 1 aromatic carbocycles. The lowest BCUT2D eigenvalue weighted by atomic mass is 10.0. The van der Waals surface area contributed by atoms with Gasteiger partial charge in [0.1, 0.15) is 10.6 Å². The molecule has 4 heteroatoms. The highest BCUT2D eigenvalue weighted by Gasteiger charge is 2.27. The lowest BCUT2D eigenvalue weighted by Gasteiger charge is -2.23. The van der Waals surface area contributed by atoms with E-state index in [-0.39, 0.29) is 5.60 Å². The summed E-state index contributed by atoms with van der Waals surface area (Å²) < 4.78 is 5.60. The first kappa shape index (κ1) is 14.2. The maximum atomic E-state index is 5.68. The maximum absolute atomic E-state index is 5.68. The predicted molar refractivity (Wildman–Crippen MR) is 80.1 cm³/mol. The van der Waals surface area contributed by atoms with Crippen LogP contribution in [0.15, 0.2) is 29.6 Å². The van der Waals surface area contributed by atoms with E-state index in [4.69, 9.17) is 15.5 Å². The molecule has 0 spiro atoms. The van der Waals surface area contributed by atoms with E-state index in [0.29, 0.717) is 6.54 Å². The molecule has 0 saturated heterocycles. The van der Waals surface area contributed by atoms with Crippen molar-refractivity contribution in [1.29, 1.82) is 0 Å². The average Bonchev–Trinajstić information content (AvgIpc) is 2.97. The highest BCUT2D eigenvalue weighted by molar-refractivity contribution is 7.10. The highest BCUT2D eigenvalue weighted by atomic mass is 32.1. The van der Waals surface area contributed by atoms with Crippen LogP contribution in [0.4, 0.5) is 0 Å². The SMILES string of the molecule is CCC(C)(OC)c1nc(-c2cccc(CN)c2)cs1. The van der Waals surface area contributed by atoms with Crippen molar-refractivity contribution in [1.82, 2.24) is 4.98 Å². The minimum Gasteiger partial charge on any atom is -0.371 e. The largest absolute Gasteiger partial charge is 0.371 e. The number of methoxy groups -OCH3 is 1. The minimum absolute atomic E-state index is 0.297. The van der Waals surface area contributed by atoms with Crippen LogP contribution in [0.2, 0.25) is 0 Å². The van der Waals surface area contributed by atoms with E-state index >= 15 is 0 Å². The molecule has 0 radical (unpaired) electrons. The Bertz CT molecular complexity index is 547. The van der Waals surface area contributed by atoms with Crippen molar-refractivity contribution in [2.75, 3.05) is 7.11 Å². The predicted octanol–water partition coefficient (Wildman–Crippen LogP) is 3.54. The van der Waals surface area contributed by atoms with E-state index in [9.17, 15) is 0 Å². The molecule has 1 atom stereocenters. The number of benzene rings is 1. The highest BCUT2D eigenvalue weighted by Crippen LogP contribution is 2.33. The van der Waals surface area contributed by atoms with E-state index in [1.807, 2.05) is 12.1 Å². The number of thiazole rings is 1. The summed E-state index contributed by atoms with van der Waals surface area (Å²) in [5.74, 6) is 0. The van der Waals surface area contributed by atoms with Gasteiger partial charge in [0.15, 0.2) is 0 Å². The van der Waals surface area contributed by atoms with Crippen LogP contribution < -0.4 is 5.73 Å². The molecular formula is C15H20N2OS. The topological polar surface area (TPSA) is 48.1 Å². The summed E-state index contributed by atoms with van der Waals surface area (Å²) in [6, 6.07) is 8.21. The van der Waals surface area contributed by atoms with Crippen LogP contribution in [0.1, 0.15) is 30.8 Å². The number of aromatic nitrogens is 1. The van der Waals surface area contributed by atoms with Crippen LogP contribution in [-0.2, 0) is 16.9 Å². The Morgan fingerprint density at radius 2 is 2.21 bits per heavy atom. The zero-order valence-corrected chi connectivity index (χ0v) is 12.5. The number of hydrogen-bond donors (Lipinski definition) is 1. The Labute approximate surface area is 118 Å².